The Hall–Kier alpha value is -2.08. The van der Waals surface area contributed by atoms with Gasteiger partial charge in [0.2, 0.25) is 5.91 Å². The molecule has 0 bridgehead atoms. The van der Waals surface area contributed by atoms with Crippen LogP contribution in [0.25, 0.3) is 0 Å². The van der Waals surface area contributed by atoms with Gasteiger partial charge in [0.25, 0.3) is 0 Å². The molecule has 0 aliphatic heterocycles. The summed E-state index contributed by atoms with van der Waals surface area (Å²) in [6, 6.07) is 6.67. The second kappa shape index (κ2) is 7.38. The van der Waals surface area contributed by atoms with E-state index in [-0.39, 0.29) is 17.9 Å². The quantitative estimate of drug-likeness (QED) is 0.645. The number of rotatable bonds is 5. The largest absolute Gasteiger partial charge is 0.341 e. The summed E-state index contributed by atoms with van der Waals surface area (Å²) in [7, 11) is 3.36. The topological polar surface area (TPSA) is 82.3 Å². The molecular formula is C13H20N4O2. The van der Waals surface area contributed by atoms with Crippen LogP contribution >= 0.6 is 0 Å². The number of amides is 3. The maximum Gasteiger partial charge on any atom is 0.318 e. The Bertz CT molecular complexity index is 431. The summed E-state index contributed by atoms with van der Waals surface area (Å²) in [5.74, 6) is -0.143. The highest BCUT2D eigenvalue weighted by atomic mass is 16.2. The Morgan fingerprint density at radius 2 is 1.58 bits per heavy atom. The molecule has 19 heavy (non-hydrogen) atoms. The molecule has 104 valence electrons. The predicted molar refractivity (Wildman–Crippen MR) is 76.2 cm³/mol. The minimum absolute atomic E-state index is 0.0404. The third-order valence-electron chi connectivity index (χ3n) is 2.60. The third kappa shape index (κ3) is 4.97. The van der Waals surface area contributed by atoms with Crippen LogP contribution in [-0.2, 0) is 4.79 Å². The van der Waals surface area contributed by atoms with Gasteiger partial charge in [-0.3, -0.25) is 4.79 Å². The van der Waals surface area contributed by atoms with Gasteiger partial charge in [0, 0.05) is 30.9 Å². The lowest BCUT2D eigenvalue weighted by Gasteiger charge is -2.12. The fourth-order valence-corrected chi connectivity index (χ4v) is 1.49. The molecule has 6 heteroatoms. The summed E-state index contributed by atoms with van der Waals surface area (Å²) in [5.41, 5.74) is 1.37. The Morgan fingerprint density at radius 3 is 2.05 bits per heavy atom. The Labute approximate surface area is 113 Å². The summed E-state index contributed by atoms with van der Waals surface area (Å²) < 4.78 is 0. The highest BCUT2D eigenvalue weighted by Gasteiger charge is 2.11. The van der Waals surface area contributed by atoms with Crippen LogP contribution in [0, 0.1) is 5.92 Å². The van der Waals surface area contributed by atoms with Crippen molar-refractivity contribution in [1.82, 2.24) is 10.6 Å². The molecule has 1 aromatic rings. The number of hydrogen-bond donors (Lipinski definition) is 4. The van der Waals surface area contributed by atoms with Gasteiger partial charge in [-0.25, -0.2) is 4.79 Å². The number of carbonyl (C=O) groups is 2. The second-order valence-electron chi connectivity index (χ2n) is 4.23. The van der Waals surface area contributed by atoms with Crippen molar-refractivity contribution >= 4 is 23.3 Å². The van der Waals surface area contributed by atoms with Crippen molar-refractivity contribution in [2.45, 2.75) is 6.92 Å². The summed E-state index contributed by atoms with van der Waals surface area (Å²) in [6.07, 6.45) is 0. The molecule has 0 saturated heterocycles. The maximum atomic E-state index is 11.8. The highest BCUT2D eigenvalue weighted by molar-refractivity contribution is 5.93. The van der Waals surface area contributed by atoms with Gasteiger partial charge < -0.3 is 21.3 Å². The lowest BCUT2D eigenvalue weighted by Crippen LogP contribution is -2.28. The standard InChI is InChI=1S/C13H20N4O2/c1-9(8-14-2)12(18)16-10-4-6-11(7-5-10)17-13(19)15-3/h4-7,9,14H,8H2,1-3H3,(H,16,18)(H2,15,17,19). The van der Waals surface area contributed by atoms with Crippen LogP contribution in [0.3, 0.4) is 0 Å². The molecule has 1 unspecified atom stereocenters. The summed E-state index contributed by atoms with van der Waals surface area (Å²) >= 11 is 0. The van der Waals surface area contributed by atoms with E-state index in [2.05, 4.69) is 21.3 Å². The van der Waals surface area contributed by atoms with Crippen molar-refractivity contribution < 1.29 is 9.59 Å². The number of nitrogens with one attached hydrogen (secondary N) is 4. The van der Waals surface area contributed by atoms with Gasteiger partial charge in [-0.15, -0.1) is 0 Å². The van der Waals surface area contributed by atoms with E-state index in [1.807, 2.05) is 14.0 Å². The molecule has 6 nitrogen and oxygen atoms in total. The van der Waals surface area contributed by atoms with Crippen molar-refractivity contribution in [3.05, 3.63) is 24.3 Å². The molecule has 1 rings (SSSR count). The van der Waals surface area contributed by atoms with Crippen LogP contribution in [-0.4, -0.2) is 32.6 Å². The molecule has 4 N–H and O–H groups in total. The highest BCUT2D eigenvalue weighted by Crippen LogP contribution is 2.14. The lowest BCUT2D eigenvalue weighted by atomic mass is 10.1. The van der Waals surface area contributed by atoms with E-state index in [1.165, 1.54) is 0 Å². The summed E-state index contributed by atoms with van der Waals surface area (Å²) in [4.78, 5) is 22.9. The number of hydrogen-bond acceptors (Lipinski definition) is 3. The predicted octanol–water partition coefficient (Wildman–Crippen LogP) is 1.23. The fraction of sp³-hybridized carbons (Fsp3) is 0.385. The zero-order valence-electron chi connectivity index (χ0n) is 11.4. The van der Waals surface area contributed by atoms with Crippen LogP contribution in [0.5, 0.6) is 0 Å². The van der Waals surface area contributed by atoms with Gasteiger partial charge in [0.05, 0.1) is 0 Å². The monoisotopic (exact) mass is 264 g/mol. The maximum absolute atomic E-state index is 11.8. The first-order valence-electron chi connectivity index (χ1n) is 6.11. The molecule has 0 spiro atoms. The summed E-state index contributed by atoms with van der Waals surface area (Å²) in [6.45, 7) is 2.48. The van der Waals surface area contributed by atoms with Crippen molar-refractivity contribution in [3.8, 4) is 0 Å². The Kier molecular flexibility index (Phi) is 5.81. The number of benzene rings is 1. The van der Waals surface area contributed by atoms with Gasteiger partial charge >= 0.3 is 6.03 Å². The molecule has 0 aromatic heterocycles. The van der Waals surface area contributed by atoms with Gasteiger partial charge in [0.15, 0.2) is 0 Å². The molecule has 0 heterocycles. The van der Waals surface area contributed by atoms with Crippen LogP contribution in [0.2, 0.25) is 0 Å². The molecular weight excluding hydrogens is 244 g/mol. The van der Waals surface area contributed by atoms with Crippen molar-refractivity contribution in [1.29, 1.82) is 0 Å². The van der Waals surface area contributed by atoms with E-state index < -0.39 is 0 Å². The Balaban J connectivity index is 2.57. The number of anilines is 2. The second-order valence-corrected chi connectivity index (χ2v) is 4.23. The molecule has 0 saturated carbocycles. The first kappa shape index (κ1) is 15.0. The third-order valence-corrected chi connectivity index (χ3v) is 2.60. The normalized spacial score (nSPS) is 11.5. The van der Waals surface area contributed by atoms with Gasteiger partial charge in [-0.1, -0.05) is 6.92 Å². The lowest BCUT2D eigenvalue weighted by molar-refractivity contribution is -0.119. The SMILES string of the molecule is CNCC(C)C(=O)Nc1ccc(NC(=O)NC)cc1. The average molecular weight is 264 g/mol. The molecule has 0 fully saturated rings. The number of urea groups is 1. The Morgan fingerprint density at radius 1 is 1.05 bits per heavy atom. The number of carbonyl (C=O) groups excluding carboxylic acids is 2. The smallest absolute Gasteiger partial charge is 0.318 e. The molecule has 0 aliphatic carbocycles. The molecule has 0 radical (unpaired) electrons. The van der Waals surface area contributed by atoms with Crippen LogP contribution in [0.4, 0.5) is 16.2 Å². The first-order valence-corrected chi connectivity index (χ1v) is 6.11. The molecule has 3 amide bonds. The van der Waals surface area contributed by atoms with E-state index in [0.717, 1.165) is 0 Å². The van der Waals surface area contributed by atoms with E-state index in [0.29, 0.717) is 17.9 Å². The zero-order valence-corrected chi connectivity index (χ0v) is 11.4. The van der Waals surface area contributed by atoms with Crippen LogP contribution in [0.15, 0.2) is 24.3 Å². The van der Waals surface area contributed by atoms with Gasteiger partial charge in [0.1, 0.15) is 0 Å². The van der Waals surface area contributed by atoms with E-state index in [9.17, 15) is 9.59 Å². The van der Waals surface area contributed by atoms with Gasteiger partial charge in [-0.2, -0.15) is 0 Å². The molecule has 1 aromatic carbocycles. The van der Waals surface area contributed by atoms with E-state index in [1.54, 1.807) is 31.3 Å². The minimum atomic E-state index is -0.278. The molecule has 0 aliphatic rings. The molecule has 1 atom stereocenters. The van der Waals surface area contributed by atoms with E-state index >= 15 is 0 Å². The first-order chi connectivity index (χ1) is 9.06. The average Bonchev–Trinajstić information content (AvgIpc) is 2.41. The van der Waals surface area contributed by atoms with Crippen molar-refractivity contribution in [2.24, 2.45) is 5.92 Å². The van der Waals surface area contributed by atoms with Crippen LogP contribution < -0.4 is 21.3 Å². The van der Waals surface area contributed by atoms with Gasteiger partial charge in [-0.05, 0) is 31.3 Å². The summed E-state index contributed by atoms with van der Waals surface area (Å²) in [5, 5.41) is 10.9. The van der Waals surface area contributed by atoms with Crippen molar-refractivity contribution in [2.75, 3.05) is 31.3 Å². The zero-order chi connectivity index (χ0) is 14.3. The van der Waals surface area contributed by atoms with Crippen molar-refractivity contribution in [3.63, 3.8) is 0 Å². The minimum Gasteiger partial charge on any atom is -0.341 e. The van der Waals surface area contributed by atoms with E-state index in [4.69, 9.17) is 0 Å². The van der Waals surface area contributed by atoms with Crippen LogP contribution in [0.1, 0.15) is 6.92 Å². The fourth-order valence-electron chi connectivity index (χ4n) is 1.49.